The highest BCUT2D eigenvalue weighted by Crippen LogP contribution is 2.43. The van der Waals surface area contributed by atoms with E-state index < -0.39 is 11.7 Å². The second-order valence-corrected chi connectivity index (χ2v) is 6.12. The minimum Gasteiger partial charge on any atom is -0.382 e. The van der Waals surface area contributed by atoms with E-state index in [4.69, 9.17) is 4.74 Å². The number of alkyl halides is 3. The summed E-state index contributed by atoms with van der Waals surface area (Å²) in [7, 11) is 0. The smallest absolute Gasteiger partial charge is 0.382 e. The molecule has 1 aliphatic heterocycles. The fraction of sp³-hybridized carbons (Fsp3) is 0.625. The quantitative estimate of drug-likeness (QED) is 0.880. The number of hydrogen-bond acceptors (Lipinski definition) is 2. The van der Waals surface area contributed by atoms with E-state index >= 15 is 0 Å². The SMILES string of the molecule is FC(F)(F)c1ccc(NCC2CCC3(CCCC3)O2)cc1. The zero-order chi connectivity index (χ0) is 14.9. The first-order valence-electron chi connectivity index (χ1n) is 7.56. The van der Waals surface area contributed by atoms with E-state index in [1.165, 1.54) is 25.0 Å². The Morgan fingerprint density at radius 2 is 1.76 bits per heavy atom. The van der Waals surface area contributed by atoms with E-state index in [-0.39, 0.29) is 11.7 Å². The summed E-state index contributed by atoms with van der Waals surface area (Å²) >= 11 is 0. The van der Waals surface area contributed by atoms with Gasteiger partial charge in [-0.25, -0.2) is 0 Å². The highest BCUT2D eigenvalue weighted by atomic mass is 19.4. The van der Waals surface area contributed by atoms with Crippen molar-refractivity contribution in [2.45, 2.75) is 56.4 Å². The third kappa shape index (κ3) is 3.34. The summed E-state index contributed by atoms with van der Waals surface area (Å²) in [6, 6.07) is 5.17. The molecule has 0 aromatic heterocycles. The van der Waals surface area contributed by atoms with Crippen LogP contribution >= 0.6 is 0 Å². The fourth-order valence-electron chi connectivity index (χ4n) is 3.44. The van der Waals surface area contributed by atoms with Crippen LogP contribution in [0.3, 0.4) is 0 Å². The minimum absolute atomic E-state index is 0.104. The Kier molecular flexibility index (Phi) is 3.86. The molecule has 0 radical (unpaired) electrons. The Hall–Kier alpha value is -1.23. The summed E-state index contributed by atoms with van der Waals surface area (Å²) in [5.41, 5.74) is 0.195. The van der Waals surface area contributed by atoms with E-state index in [1.807, 2.05) is 0 Å². The van der Waals surface area contributed by atoms with Gasteiger partial charge in [-0.05, 0) is 49.9 Å². The molecule has 1 spiro atoms. The number of hydrogen-bond donors (Lipinski definition) is 1. The van der Waals surface area contributed by atoms with E-state index in [2.05, 4.69) is 5.32 Å². The van der Waals surface area contributed by atoms with Crippen LogP contribution in [0.4, 0.5) is 18.9 Å². The van der Waals surface area contributed by atoms with Crippen LogP contribution in [0, 0.1) is 0 Å². The molecule has 1 saturated carbocycles. The molecule has 21 heavy (non-hydrogen) atoms. The molecule has 1 atom stereocenters. The molecule has 2 aliphatic rings. The highest BCUT2D eigenvalue weighted by Gasteiger charge is 2.41. The summed E-state index contributed by atoms with van der Waals surface area (Å²) in [5.74, 6) is 0. The van der Waals surface area contributed by atoms with Crippen LogP contribution in [0.5, 0.6) is 0 Å². The molecule has 116 valence electrons. The van der Waals surface area contributed by atoms with Gasteiger partial charge in [-0.2, -0.15) is 13.2 Å². The Morgan fingerprint density at radius 3 is 2.38 bits per heavy atom. The zero-order valence-corrected chi connectivity index (χ0v) is 11.9. The van der Waals surface area contributed by atoms with Crippen LogP contribution in [0.25, 0.3) is 0 Å². The van der Waals surface area contributed by atoms with E-state index in [1.54, 1.807) is 0 Å². The van der Waals surface area contributed by atoms with Crippen LogP contribution in [0.15, 0.2) is 24.3 Å². The number of anilines is 1. The van der Waals surface area contributed by atoms with Crippen LogP contribution in [-0.2, 0) is 10.9 Å². The van der Waals surface area contributed by atoms with Crippen LogP contribution in [-0.4, -0.2) is 18.2 Å². The van der Waals surface area contributed by atoms with E-state index in [9.17, 15) is 13.2 Å². The normalized spacial score (nSPS) is 24.6. The van der Waals surface area contributed by atoms with Gasteiger partial charge in [-0.1, -0.05) is 12.8 Å². The lowest BCUT2D eigenvalue weighted by atomic mass is 9.98. The molecule has 3 rings (SSSR count). The average Bonchev–Trinajstić information content (AvgIpc) is 3.07. The molecular weight excluding hydrogens is 279 g/mol. The molecule has 2 nitrogen and oxygen atoms in total. The summed E-state index contributed by atoms with van der Waals surface area (Å²) in [6.45, 7) is 0.660. The Labute approximate surface area is 122 Å². The fourth-order valence-corrected chi connectivity index (χ4v) is 3.44. The maximum atomic E-state index is 12.5. The lowest BCUT2D eigenvalue weighted by Gasteiger charge is -2.24. The molecule has 0 bridgehead atoms. The Bertz CT molecular complexity index is 477. The van der Waals surface area contributed by atoms with Crippen molar-refractivity contribution in [3.8, 4) is 0 Å². The van der Waals surface area contributed by atoms with Crippen LogP contribution in [0.2, 0.25) is 0 Å². The van der Waals surface area contributed by atoms with Crippen molar-refractivity contribution in [2.75, 3.05) is 11.9 Å². The summed E-state index contributed by atoms with van der Waals surface area (Å²) in [4.78, 5) is 0. The molecular formula is C16H20F3NO. The van der Waals surface area contributed by atoms with Gasteiger partial charge in [-0.15, -0.1) is 0 Å². The third-order valence-electron chi connectivity index (χ3n) is 4.60. The van der Waals surface area contributed by atoms with Gasteiger partial charge in [0, 0.05) is 12.2 Å². The van der Waals surface area contributed by atoms with Crippen LogP contribution in [0.1, 0.15) is 44.1 Å². The van der Waals surface area contributed by atoms with Gasteiger partial charge in [0.1, 0.15) is 0 Å². The Balaban J connectivity index is 1.52. The summed E-state index contributed by atoms with van der Waals surface area (Å²) in [6.07, 6.45) is 2.86. The monoisotopic (exact) mass is 299 g/mol. The van der Waals surface area contributed by atoms with Gasteiger partial charge >= 0.3 is 6.18 Å². The molecule has 1 N–H and O–H groups in total. The highest BCUT2D eigenvalue weighted by molar-refractivity contribution is 5.45. The molecule has 1 heterocycles. The molecule has 1 saturated heterocycles. The molecule has 1 aromatic carbocycles. The largest absolute Gasteiger partial charge is 0.416 e. The predicted molar refractivity (Wildman–Crippen MR) is 75.2 cm³/mol. The molecule has 1 aromatic rings. The summed E-state index contributed by atoms with van der Waals surface area (Å²) in [5, 5.41) is 3.18. The lowest BCUT2D eigenvalue weighted by molar-refractivity contribution is -0.137. The standard InChI is InChI=1S/C16H20F3NO/c17-16(18,19)12-3-5-13(6-4-12)20-11-14-7-10-15(21-14)8-1-2-9-15/h3-6,14,20H,1-2,7-11H2. The van der Waals surface area contributed by atoms with Gasteiger partial charge in [0.2, 0.25) is 0 Å². The van der Waals surface area contributed by atoms with E-state index in [0.29, 0.717) is 12.2 Å². The first kappa shape index (κ1) is 14.7. The van der Waals surface area contributed by atoms with Crippen molar-refractivity contribution in [1.82, 2.24) is 0 Å². The summed E-state index contributed by atoms with van der Waals surface area (Å²) < 4.78 is 43.6. The first-order valence-corrected chi connectivity index (χ1v) is 7.56. The first-order chi connectivity index (χ1) is 9.97. The van der Waals surface area contributed by atoms with Crippen molar-refractivity contribution in [3.63, 3.8) is 0 Å². The van der Waals surface area contributed by atoms with Gasteiger partial charge in [-0.3, -0.25) is 0 Å². The number of rotatable bonds is 3. The number of halogens is 3. The predicted octanol–water partition coefficient (Wildman–Crippen LogP) is 4.61. The van der Waals surface area contributed by atoms with Crippen molar-refractivity contribution >= 4 is 5.69 Å². The average molecular weight is 299 g/mol. The topological polar surface area (TPSA) is 21.3 Å². The minimum atomic E-state index is -4.28. The van der Waals surface area contributed by atoms with Crippen molar-refractivity contribution in [2.24, 2.45) is 0 Å². The molecule has 0 amide bonds. The molecule has 5 heteroatoms. The van der Waals surface area contributed by atoms with Gasteiger partial charge in [0.15, 0.2) is 0 Å². The molecule has 1 aliphatic carbocycles. The number of nitrogens with one attached hydrogen (secondary N) is 1. The van der Waals surface area contributed by atoms with Crippen LogP contribution < -0.4 is 5.32 Å². The van der Waals surface area contributed by atoms with Gasteiger partial charge < -0.3 is 10.1 Å². The second kappa shape index (κ2) is 5.52. The van der Waals surface area contributed by atoms with Gasteiger partial charge in [0.05, 0.1) is 17.3 Å². The van der Waals surface area contributed by atoms with Crippen molar-refractivity contribution < 1.29 is 17.9 Å². The third-order valence-corrected chi connectivity index (χ3v) is 4.60. The second-order valence-electron chi connectivity index (χ2n) is 6.12. The maximum Gasteiger partial charge on any atom is 0.416 e. The lowest BCUT2D eigenvalue weighted by Crippen LogP contribution is -2.27. The van der Waals surface area contributed by atoms with E-state index in [0.717, 1.165) is 37.8 Å². The zero-order valence-electron chi connectivity index (χ0n) is 11.9. The van der Waals surface area contributed by atoms with Crippen molar-refractivity contribution in [3.05, 3.63) is 29.8 Å². The number of ether oxygens (including phenoxy) is 1. The molecule has 2 fully saturated rings. The maximum absolute atomic E-state index is 12.5. The van der Waals surface area contributed by atoms with Crippen molar-refractivity contribution in [1.29, 1.82) is 0 Å². The Morgan fingerprint density at radius 1 is 1.10 bits per heavy atom. The number of benzene rings is 1. The molecule has 1 unspecified atom stereocenters. The van der Waals surface area contributed by atoms with Gasteiger partial charge in [0.25, 0.3) is 0 Å².